The Labute approximate surface area is 110 Å². The Bertz CT molecular complexity index is 266. The van der Waals surface area contributed by atoms with Crippen molar-refractivity contribution >= 4 is 11.9 Å². The molecule has 0 saturated carbocycles. The summed E-state index contributed by atoms with van der Waals surface area (Å²) in [6.45, 7) is 7.70. The van der Waals surface area contributed by atoms with Gasteiger partial charge in [0.15, 0.2) is 0 Å². The van der Waals surface area contributed by atoms with Gasteiger partial charge in [0.2, 0.25) is 5.91 Å². The predicted octanol–water partition coefficient (Wildman–Crippen LogP) is 2.82. The smallest absolute Gasteiger partial charge is 0.306 e. The van der Waals surface area contributed by atoms with Crippen molar-refractivity contribution in [2.45, 2.75) is 65.8 Å². The van der Waals surface area contributed by atoms with Gasteiger partial charge in [0.1, 0.15) is 0 Å². The number of nitrogens with one attached hydrogen (secondary N) is 1. The first-order valence-corrected chi connectivity index (χ1v) is 6.91. The molecule has 3 atom stereocenters. The largest absolute Gasteiger partial charge is 0.481 e. The van der Waals surface area contributed by atoms with Crippen LogP contribution in [0, 0.1) is 11.8 Å². The molecule has 0 aromatic carbocycles. The summed E-state index contributed by atoms with van der Waals surface area (Å²) in [5.74, 6) is -0.874. The van der Waals surface area contributed by atoms with Crippen LogP contribution in [0.15, 0.2) is 0 Å². The summed E-state index contributed by atoms with van der Waals surface area (Å²) < 4.78 is 0. The van der Waals surface area contributed by atoms with E-state index in [0.29, 0.717) is 6.42 Å². The summed E-state index contributed by atoms with van der Waals surface area (Å²) >= 11 is 0. The second kappa shape index (κ2) is 8.95. The van der Waals surface area contributed by atoms with Gasteiger partial charge in [-0.15, -0.1) is 0 Å². The summed E-state index contributed by atoms with van der Waals surface area (Å²) in [7, 11) is 0. The highest BCUT2D eigenvalue weighted by atomic mass is 16.4. The maximum absolute atomic E-state index is 11.7. The van der Waals surface area contributed by atoms with Gasteiger partial charge in [0.25, 0.3) is 0 Å². The van der Waals surface area contributed by atoms with E-state index in [1.807, 2.05) is 13.8 Å². The quantitative estimate of drug-likeness (QED) is 0.667. The molecule has 3 unspecified atom stereocenters. The molecule has 0 aromatic heterocycles. The van der Waals surface area contributed by atoms with Crippen molar-refractivity contribution in [3.8, 4) is 0 Å². The summed E-state index contributed by atoms with van der Waals surface area (Å²) in [6, 6.07) is 0.123. The van der Waals surface area contributed by atoms with Crippen molar-refractivity contribution in [1.82, 2.24) is 5.32 Å². The van der Waals surface area contributed by atoms with Gasteiger partial charge in [-0.05, 0) is 26.2 Å². The number of aliphatic carboxylic acids is 1. The van der Waals surface area contributed by atoms with Crippen LogP contribution in [0.3, 0.4) is 0 Å². The lowest BCUT2D eigenvalue weighted by Gasteiger charge is -2.17. The van der Waals surface area contributed by atoms with Gasteiger partial charge in [-0.1, -0.05) is 33.6 Å². The first-order chi connectivity index (χ1) is 8.38. The minimum Gasteiger partial charge on any atom is -0.481 e. The highest BCUT2D eigenvalue weighted by Gasteiger charge is 2.15. The number of carboxylic acids is 1. The van der Waals surface area contributed by atoms with Crippen molar-refractivity contribution in [1.29, 1.82) is 0 Å². The lowest BCUT2D eigenvalue weighted by molar-refractivity contribution is -0.141. The zero-order chi connectivity index (χ0) is 14.1. The van der Waals surface area contributed by atoms with E-state index in [1.165, 1.54) is 0 Å². The first-order valence-electron chi connectivity index (χ1n) is 6.91. The number of carbonyl (C=O) groups is 2. The molecule has 4 nitrogen and oxygen atoms in total. The number of hydrogen-bond acceptors (Lipinski definition) is 2. The molecule has 0 radical (unpaired) electrons. The summed E-state index contributed by atoms with van der Waals surface area (Å²) in [6.07, 6.45) is 4.26. The number of carboxylic acid groups (broad SMARTS) is 1. The van der Waals surface area contributed by atoms with Gasteiger partial charge in [0.05, 0.1) is 5.92 Å². The maximum atomic E-state index is 11.7. The van der Waals surface area contributed by atoms with Crippen LogP contribution in [-0.4, -0.2) is 23.0 Å². The fraction of sp³-hybridized carbons (Fsp3) is 0.857. The average Bonchev–Trinajstić information content (AvgIpc) is 2.28. The van der Waals surface area contributed by atoms with Crippen molar-refractivity contribution in [2.24, 2.45) is 11.8 Å². The van der Waals surface area contributed by atoms with Gasteiger partial charge >= 0.3 is 5.97 Å². The average molecular weight is 257 g/mol. The molecule has 4 heteroatoms. The van der Waals surface area contributed by atoms with Crippen molar-refractivity contribution in [3.63, 3.8) is 0 Å². The zero-order valence-corrected chi connectivity index (χ0v) is 12.0. The van der Waals surface area contributed by atoms with E-state index in [9.17, 15) is 9.59 Å². The molecule has 0 saturated heterocycles. The molecular weight excluding hydrogens is 230 g/mol. The van der Waals surface area contributed by atoms with Crippen molar-refractivity contribution in [3.05, 3.63) is 0 Å². The fourth-order valence-corrected chi connectivity index (χ4v) is 1.88. The maximum Gasteiger partial charge on any atom is 0.306 e. The summed E-state index contributed by atoms with van der Waals surface area (Å²) in [4.78, 5) is 22.4. The molecule has 0 aliphatic heterocycles. The molecule has 106 valence electrons. The Morgan fingerprint density at radius 2 is 1.67 bits per heavy atom. The van der Waals surface area contributed by atoms with E-state index in [2.05, 4.69) is 12.2 Å². The van der Waals surface area contributed by atoms with Gasteiger partial charge in [-0.25, -0.2) is 0 Å². The van der Waals surface area contributed by atoms with E-state index in [4.69, 9.17) is 5.11 Å². The summed E-state index contributed by atoms with van der Waals surface area (Å²) in [5.41, 5.74) is 0. The van der Waals surface area contributed by atoms with Crippen molar-refractivity contribution < 1.29 is 14.7 Å². The Morgan fingerprint density at radius 1 is 1.06 bits per heavy atom. The SMILES string of the molecule is CCCC(C)C(=O)NC(C)CCCC(C)C(=O)O. The van der Waals surface area contributed by atoms with Crippen LogP contribution >= 0.6 is 0 Å². The molecule has 18 heavy (non-hydrogen) atoms. The minimum absolute atomic E-state index is 0.0652. The Morgan fingerprint density at radius 3 is 2.17 bits per heavy atom. The van der Waals surface area contributed by atoms with E-state index < -0.39 is 5.97 Å². The highest BCUT2D eigenvalue weighted by molar-refractivity contribution is 5.78. The van der Waals surface area contributed by atoms with Crippen molar-refractivity contribution in [2.75, 3.05) is 0 Å². The minimum atomic E-state index is -0.747. The zero-order valence-electron chi connectivity index (χ0n) is 12.0. The standard InChI is InChI=1S/C14H27NO3/c1-5-7-10(2)13(16)15-12(4)9-6-8-11(3)14(17)18/h10-12H,5-9H2,1-4H3,(H,15,16)(H,17,18). The molecule has 0 heterocycles. The lowest BCUT2D eigenvalue weighted by Crippen LogP contribution is -2.36. The van der Waals surface area contributed by atoms with Crippen LogP contribution in [0.2, 0.25) is 0 Å². The molecule has 0 aromatic rings. The van der Waals surface area contributed by atoms with E-state index >= 15 is 0 Å². The summed E-state index contributed by atoms with van der Waals surface area (Å²) in [5, 5.41) is 11.7. The van der Waals surface area contributed by atoms with Crippen LogP contribution in [-0.2, 0) is 9.59 Å². The van der Waals surface area contributed by atoms with Crippen LogP contribution < -0.4 is 5.32 Å². The normalized spacial score (nSPS) is 15.8. The molecule has 0 aliphatic rings. The molecule has 0 rings (SSSR count). The van der Waals surface area contributed by atoms with Gasteiger partial charge < -0.3 is 10.4 Å². The number of carbonyl (C=O) groups excluding carboxylic acids is 1. The van der Waals surface area contributed by atoms with Crippen LogP contribution in [0.5, 0.6) is 0 Å². The lowest BCUT2D eigenvalue weighted by atomic mass is 10.0. The number of hydrogen-bond donors (Lipinski definition) is 2. The van der Waals surface area contributed by atoms with Gasteiger partial charge in [-0.2, -0.15) is 0 Å². The Hall–Kier alpha value is -1.06. The third kappa shape index (κ3) is 7.30. The predicted molar refractivity (Wildman–Crippen MR) is 72.3 cm³/mol. The molecule has 0 fully saturated rings. The van der Waals surface area contributed by atoms with Gasteiger partial charge in [-0.3, -0.25) is 9.59 Å². The van der Waals surface area contributed by atoms with Crippen LogP contribution in [0.25, 0.3) is 0 Å². The molecule has 0 aliphatic carbocycles. The second-order valence-corrected chi connectivity index (χ2v) is 5.27. The Balaban J connectivity index is 3.80. The molecule has 1 amide bonds. The van der Waals surface area contributed by atoms with E-state index in [-0.39, 0.29) is 23.8 Å². The molecule has 0 bridgehead atoms. The third-order valence-electron chi connectivity index (χ3n) is 3.25. The highest BCUT2D eigenvalue weighted by Crippen LogP contribution is 2.11. The Kier molecular flexibility index (Phi) is 8.42. The van der Waals surface area contributed by atoms with E-state index in [1.54, 1.807) is 6.92 Å². The molecule has 2 N–H and O–H groups in total. The van der Waals surface area contributed by atoms with E-state index in [0.717, 1.165) is 25.7 Å². The van der Waals surface area contributed by atoms with Crippen LogP contribution in [0.1, 0.15) is 59.8 Å². The topological polar surface area (TPSA) is 66.4 Å². The molecule has 0 spiro atoms. The third-order valence-corrected chi connectivity index (χ3v) is 3.25. The fourth-order valence-electron chi connectivity index (χ4n) is 1.88. The number of amides is 1. The second-order valence-electron chi connectivity index (χ2n) is 5.27. The first kappa shape index (κ1) is 16.9. The number of rotatable bonds is 9. The van der Waals surface area contributed by atoms with Gasteiger partial charge in [0, 0.05) is 12.0 Å². The molecular formula is C14H27NO3. The van der Waals surface area contributed by atoms with Crippen LogP contribution in [0.4, 0.5) is 0 Å². The monoisotopic (exact) mass is 257 g/mol.